The van der Waals surface area contributed by atoms with Crippen LogP contribution in [-0.2, 0) is 28.7 Å². The first-order valence-corrected chi connectivity index (χ1v) is 12.3. The minimum atomic E-state index is -5.07. The number of hydrogen-bond donors (Lipinski definition) is 0. The number of aromatic nitrogens is 2. The van der Waals surface area contributed by atoms with Crippen molar-refractivity contribution in [3.63, 3.8) is 0 Å². The molecule has 8 nitrogen and oxygen atoms in total. The molecule has 0 unspecified atom stereocenters. The summed E-state index contributed by atoms with van der Waals surface area (Å²) >= 11 is 0. The first kappa shape index (κ1) is 28.7. The maximum absolute atomic E-state index is 13.2. The van der Waals surface area contributed by atoms with Crippen molar-refractivity contribution in [2.75, 3.05) is 20.4 Å². The highest BCUT2D eigenvalue weighted by Crippen LogP contribution is 2.37. The average Bonchev–Trinajstić information content (AvgIpc) is 2.82. The zero-order valence-corrected chi connectivity index (χ0v) is 20.7. The van der Waals surface area contributed by atoms with Gasteiger partial charge in [-0.1, -0.05) is 12.1 Å². The Labute approximate surface area is 212 Å². The number of nitrogens with zero attached hydrogens (tertiary/aromatic N) is 3. The molecule has 2 aromatic carbocycles. The Morgan fingerprint density at radius 1 is 0.974 bits per heavy atom. The first-order chi connectivity index (χ1) is 17.5. The monoisotopic (exact) mass is 563 g/mol. The van der Waals surface area contributed by atoms with E-state index >= 15 is 0 Å². The van der Waals surface area contributed by atoms with Gasteiger partial charge in [0, 0.05) is 26.0 Å². The molecule has 1 aromatic heterocycles. The molecule has 0 atom stereocenters. The minimum absolute atomic E-state index is 0.0255. The summed E-state index contributed by atoms with van der Waals surface area (Å²) in [5.74, 6) is -1.26. The first-order valence-electron chi connectivity index (χ1n) is 10.4. The van der Waals surface area contributed by atoms with Crippen molar-refractivity contribution in [1.82, 2.24) is 14.9 Å². The summed E-state index contributed by atoms with van der Waals surface area (Å²) in [6.45, 7) is -0.673. The van der Waals surface area contributed by atoms with Crippen LogP contribution in [0.1, 0.15) is 27.0 Å². The quantitative estimate of drug-likeness (QED) is 0.295. The van der Waals surface area contributed by atoms with Crippen molar-refractivity contribution >= 4 is 15.7 Å². The Bertz CT molecular complexity index is 1430. The average molecular weight is 563 g/mol. The second-order valence-corrected chi connectivity index (χ2v) is 9.88. The number of carbonyl (C=O) groups excluding carboxylic acids is 1. The Morgan fingerprint density at radius 2 is 1.53 bits per heavy atom. The van der Waals surface area contributed by atoms with Crippen LogP contribution in [-0.4, -0.2) is 49.6 Å². The van der Waals surface area contributed by atoms with E-state index in [1.165, 1.54) is 19.2 Å². The number of ether oxygens (including phenoxy) is 2. The Balaban J connectivity index is 2.02. The summed E-state index contributed by atoms with van der Waals surface area (Å²) in [7, 11) is -1.51. The fraction of sp³-hybridized carbons (Fsp3) is 0.261. The van der Waals surface area contributed by atoms with Crippen LogP contribution in [0.15, 0.2) is 53.8 Å². The molecule has 0 aliphatic carbocycles. The zero-order chi connectivity index (χ0) is 28.5. The number of benzene rings is 2. The van der Waals surface area contributed by atoms with Crippen molar-refractivity contribution in [3.05, 3.63) is 70.9 Å². The number of amides is 1. The van der Waals surface area contributed by atoms with Gasteiger partial charge in [0.05, 0.1) is 18.2 Å². The fourth-order valence-corrected chi connectivity index (χ4v) is 3.72. The summed E-state index contributed by atoms with van der Waals surface area (Å²) in [6.07, 6.45) is -8.48. The van der Waals surface area contributed by atoms with Crippen molar-refractivity contribution in [3.8, 4) is 17.4 Å². The summed E-state index contributed by atoms with van der Waals surface area (Å²) in [5, 5.41) is -0.686. The molecule has 0 N–H and O–H groups in total. The molecule has 0 saturated heterocycles. The van der Waals surface area contributed by atoms with Gasteiger partial charge < -0.3 is 14.4 Å². The highest BCUT2D eigenvalue weighted by atomic mass is 32.2. The molecule has 0 bridgehead atoms. The van der Waals surface area contributed by atoms with Gasteiger partial charge in [-0.05, 0) is 35.9 Å². The largest absolute Gasteiger partial charge is 0.493 e. The van der Waals surface area contributed by atoms with Gasteiger partial charge in [0.15, 0.2) is 11.5 Å². The van der Waals surface area contributed by atoms with Crippen molar-refractivity contribution < 1.29 is 49.0 Å². The maximum atomic E-state index is 13.2. The number of alkyl halides is 6. The van der Waals surface area contributed by atoms with E-state index in [1.54, 1.807) is 12.1 Å². The highest BCUT2D eigenvalue weighted by Gasteiger charge is 2.37. The van der Waals surface area contributed by atoms with Crippen LogP contribution >= 0.6 is 0 Å². The van der Waals surface area contributed by atoms with Gasteiger partial charge in [0.2, 0.25) is 20.9 Å². The van der Waals surface area contributed by atoms with Crippen LogP contribution < -0.4 is 9.47 Å². The van der Waals surface area contributed by atoms with E-state index in [4.69, 9.17) is 9.47 Å². The number of sulfone groups is 1. The third-order valence-electron chi connectivity index (χ3n) is 4.98. The Kier molecular flexibility index (Phi) is 7.91. The standard InChI is InChI=1S/C23H19F6N3O5S/c1-32(12-13-8-14(22(24,25)26)10-15(9-13)23(27,28)29)20(33)16-11-30-21(38(3,34)35)31-19(16)37-18-7-5-4-6-17(18)36-2/h4-11H,12H2,1-3H3. The van der Waals surface area contributed by atoms with E-state index < -0.39 is 67.9 Å². The van der Waals surface area contributed by atoms with Gasteiger partial charge in [0.1, 0.15) is 5.56 Å². The molecule has 0 fully saturated rings. The van der Waals surface area contributed by atoms with Crippen molar-refractivity contribution in [1.29, 1.82) is 0 Å². The molecule has 0 aliphatic rings. The smallest absolute Gasteiger partial charge is 0.416 e. The van der Waals surface area contributed by atoms with Crippen LogP contribution in [0, 0.1) is 0 Å². The second kappa shape index (κ2) is 10.5. The SMILES string of the molecule is COc1ccccc1Oc1nc(S(C)(=O)=O)ncc1C(=O)N(C)Cc1cc(C(F)(F)F)cc(C(F)(F)F)c1. The van der Waals surface area contributed by atoms with E-state index in [0.717, 1.165) is 24.4 Å². The number of para-hydroxylation sites is 2. The number of hydrogen-bond acceptors (Lipinski definition) is 7. The number of halogens is 6. The minimum Gasteiger partial charge on any atom is -0.493 e. The zero-order valence-electron chi connectivity index (χ0n) is 19.9. The van der Waals surface area contributed by atoms with E-state index in [-0.39, 0.29) is 17.6 Å². The second-order valence-electron chi connectivity index (χ2n) is 7.97. The van der Waals surface area contributed by atoms with Crippen molar-refractivity contribution in [2.45, 2.75) is 24.1 Å². The summed E-state index contributed by atoms with van der Waals surface area (Å²) in [6, 6.07) is 7.06. The van der Waals surface area contributed by atoms with Gasteiger partial charge in [0.25, 0.3) is 5.91 Å². The highest BCUT2D eigenvalue weighted by molar-refractivity contribution is 7.90. The molecule has 0 radical (unpaired) electrons. The molecule has 204 valence electrons. The lowest BCUT2D eigenvalue weighted by Gasteiger charge is -2.21. The molecule has 3 rings (SSSR count). The molecule has 0 aliphatic heterocycles. The van der Waals surface area contributed by atoms with E-state index in [1.807, 2.05) is 0 Å². The van der Waals surface area contributed by atoms with E-state index in [0.29, 0.717) is 12.1 Å². The van der Waals surface area contributed by atoms with Gasteiger partial charge in [-0.2, -0.15) is 31.3 Å². The topological polar surface area (TPSA) is 98.7 Å². The maximum Gasteiger partial charge on any atom is 0.416 e. The number of rotatable bonds is 7. The van der Waals surface area contributed by atoms with Crippen molar-refractivity contribution in [2.24, 2.45) is 0 Å². The van der Waals surface area contributed by atoms with Gasteiger partial charge >= 0.3 is 12.4 Å². The number of methoxy groups -OCH3 is 1. The van der Waals surface area contributed by atoms with Crippen LogP contribution in [0.2, 0.25) is 0 Å². The Hall–Kier alpha value is -3.88. The lowest BCUT2D eigenvalue weighted by Crippen LogP contribution is -2.27. The molecular formula is C23H19F6N3O5S. The summed E-state index contributed by atoms with van der Waals surface area (Å²) < 4.78 is 114. The van der Waals surface area contributed by atoms with Crippen LogP contribution in [0.3, 0.4) is 0 Å². The molecule has 3 aromatic rings. The molecule has 15 heteroatoms. The molecule has 0 saturated carbocycles. The molecule has 38 heavy (non-hydrogen) atoms. The van der Waals surface area contributed by atoms with Gasteiger partial charge in [-0.25, -0.2) is 13.4 Å². The van der Waals surface area contributed by atoms with Crippen LogP contribution in [0.5, 0.6) is 17.4 Å². The normalized spacial score (nSPS) is 12.2. The molecule has 0 spiro atoms. The predicted molar refractivity (Wildman–Crippen MR) is 120 cm³/mol. The third-order valence-corrected chi connectivity index (χ3v) is 5.84. The van der Waals surface area contributed by atoms with Gasteiger partial charge in [-0.3, -0.25) is 4.79 Å². The fourth-order valence-electron chi connectivity index (χ4n) is 3.22. The lowest BCUT2D eigenvalue weighted by atomic mass is 10.0. The summed E-state index contributed by atoms with van der Waals surface area (Å²) in [5.41, 5.74) is -3.94. The van der Waals surface area contributed by atoms with Gasteiger partial charge in [-0.15, -0.1) is 0 Å². The number of carbonyl (C=O) groups is 1. The van der Waals surface area contributed by atoms with Crippen LogP contribution in [0.4, 0.5) is 26.3 Å². The third kappa shape index (κ3) is 6.70. The lowest BCUT2D eigenvalue weighted by molar-refractivity contribution is -0.143. The molecular weight excluding hydrogens is 544 g/mol. The predicted octanol–water partition coefficient (Wildman–Crippen LogP) is 4.99. The van der Waals surface area contributed by atoms with Crippen LogP contribution in [0.25, 0.3) is 0 Å². The molecule has 1 heterocycles. The Morgan fingerprint density at radius 3 is 2.03 bits per heavy atom. The molecule has 1 amide bonds. The van der Waals surface area contributed by atoms with E-state index in [9.17, 15) is 39.6 Å². The van der Waals surface area contributed by atoms with E-state index in [2.05, 4.69) is 9.97 Å². The summed E-state index contributed by atoms with van der Waals surface area (Å²) in [4.78, 5) is 21.4.